The predicted molar refractivity (Wildman–Crippen MR) is 118 cm³/mol. The molecule has 0 radical (unpaired) electrons. The fourth-order valence-electron chi connectivity index (χ4n) is 4.47. The summed E-state index contributed by atoms with van der Waals surface area (Å²) in [6.07, 6.45) is -8.42. The summed E-state index contributed by atoms with van der Waals surface area (Å²) in [6.45, 7) is 0.320. The molecule has 0 bridgehead atoms. The van der Waals surface area contributed by atoms with Gasteiger partial charge in [0.25, 0.3) is 0 Å². The van der Waals surface area contributed by atoms with Crippen molar-refractivity contribution in [2.45, 2.75) is 31.6 Å². The molecule has 37 heavy (non-hydrogen) atoms. The van der Waals surface area contributed by atoms with E-state index in [0.29, 0.717) is 23.8 Å². The lowest BCUT2D eigenvalue weighted by Gasteiger charge is -2.29. The van der Waals surface area contributed by atoms with Gasteiger partial charge in [-0.3, -0.25) is 9.59 Å². The van der Waals surface area contributed by atoms with Crippen LogP contribution in [0, 0.1) is 5.92 Å². The van der Waals surface area contributed by atoms with Crippen LogP contribution in [0.2, 0.25) is 0 Å². The number of piperidine rings is 1. The number of carboxylic acids is 1. The van der Waals surface area contributed by atoms with Gasteiger partial charge < -0.3 is 14.9 Å². The van der Waals surface area contributed by atoms with Crippen LogP contribution in [-0.2, 0) is 33.3 Å². The molecule has 2 aliphatic heterocycles. The maximum absolute atomic E-state index is 14.1. The number of alkyl halides is 6. The van der Waals surface area contributed by atoms with Gasteiger partial charge in [0, 0.05) is 31.1 Å². The summed E-state index contributed by atoms with van der Waals surface area (Å²) in [4.78, 5) is 35.0. The Morgan fingerprint density at radius 2 is 1.70 bits per heavy atom. The molecule has 1 amide bonds. The number of hydrogen-bond donors (Lipinski definition) is 1. The van der Waals surface area contributed by atoms with E-state index >= 15 is 0 Å². The van der Waals surface area contributed by atoms with Gasteiger partial charge in [-0.05, 0) is 53.8 Å². The summed E-state index contributed by atoms with van der Waals surface area (Å²) in [6, 6.07) is 5.68. The summed E-state index contributed by atoms with van der Waals surface area (Å²) in [5.41, 5.74) is -3.91. The topological polar surface area (TPSA) is 76.1 Å². The maximum atomic E-state index is 14.1. The number of likely N-dealkylation sites (tertiary alicyclic amines) is 1. The molecule has 0 spiro atoms. The highest BCUT2D eigenvalue weighted by molar-refractivity contribution is 5.94. The number of amides is 1. The van der Waals surface area contributed by atoms with Gasteiger partial charge in [0.1, 0.15) is 0 Å². The monoisotopic (exact) mass is 529 g/mol. The summed E-state index contributed by atoms with van der Waals surface area (Å²) >= 11 is 0. The molecule has 4 rings (SSSR count). The van der Waals surface area contributed by atoms with Gasteiger partial charge in [0.15, 0.2) is 5.75 Å². The van der Waals surface area contributed by atoms with E-state index < -0.39 is 46.8 Å². The normalized spacial score (nSPS) is 17.0. The average molecular weight is 529 g/mol. The number of halogens is 6. The molecule has 2 aromatic rings. The van der Waals surface area contributed by atoms with E-state index in [1.807, 2.05) is 0 Å². The zero-order valence-corrected chi connectivity index (χ0v) is 19.2. The van der Waals surface area contributed by atoms with Gasteiger partial charge in [-0.15, -0.1) is 0 Å². The van der Waals surface area contributed by atoms with Crippen LogP contribution in [0.25, 0.3) is 17.2 Å². The van der Waals surface area contributed by atoms with Crippen molar-refractivity contribution >= 4 is 18.0 Å². The number of aliphatic carboxylic acids is 1. The van der Waals surface area contributed by atoms with Crippen LogP contribution in [0.4, 0.5) is 26.3 Å². The lowest BCUT2D eigenvalue weighted by Crippen LogP contribution is -2.39. The molecule has 2 aromatic carbocycles. The Hall–Kier alpha value is -3.54. The first-order valence-electron chi connectivity index (χ1n) is 11.3. The third-order valence-corrected chi connectivity index (χ3v) is 6.36. The maximum Gasteiger partial charge on any atom is 0.417 e. The van der Waals surface area contributed by atoms with E-state index in [-0.39, 0.29) is 43.7 Å². The van der Waals surface area contributed by atoms with Crippen LogP contribution >= 0.6 is 0 Å². The standard InChI is InChI=1S/C25H21F6NO5/c26-24(27,28)19-4-2-17(15-1-5-20-16(13-15)9-12-36-37-20)18(22(19)25(29,30)31)3-6-21(33)32-10-7-14(8-11-32)23(34)35/h1-6,13-14H,7-12H2,(H,34,35)/b6-3+. The molecule has 1 fully saturated rings. The molecule has 1 saturated heterocycles. The quantitative estimate of drug-likeness (QED) is 0.317. The molecule has 12 heteroatoms. The van der Waals surface area contributed by atoms with Crippen LogP contribution in [0.15, 0.2) is 36.4 Å². The molecule has 6 nitrogen and oxygen atoms in total. The highest BCUT2D eigenvalue weighted by atomic mass is 19.4. The molecule has 2 aliphatic rings. The number of benzene rings is 2. The minimum atomic E-state index is -5.38. The number of rotatable bonds is 4. The van der Waals surface area contributed by atoms with Crippen molar-refractivity contribution in [1.29, 1.82) is 0 Å². The SMILES string of the molecule is O=C(O)C1CCN(C(=O)/C=C/c2c(-c3ccc4c(c3)CCOO4)ccc(C(F)(F)F)c2C(F)(F)F)CC1. The second-order valence-corrected chi connectivity index (χ2v) is 8.69. The smallest absolute Gasteiger partial charge is 0.417 e. The molecule has 1 N–H and O–H groups in total. The fraction of sp³-hybridized carbons (Fsp3) is 0.360. The van der Waals surface area contributed by atoms with Crippen molar-refractivity contribution in [2.24, 2.45) is 5.92 Å². The zero-order valence-electron chi connectivity index (χ0n) is 19.2. The first-order valence-corrected chi connectivity index (χ1v) is 11.3. The Kier molecular flexibility index (Phi) is 7.22. The minimum Gasteiger partial charge on any atom is -0.481 e. The zero-order chi connectivity index (χ0) is 27.0. The van der Waals surface area contributed by atoms with Gasteiger partial charge in [-0.1, -0.05) is 12.1 Å². The van der Waals surface area contributed by atoms with Crippen LogP contribution in [0.1, 0.15) is 35.1 Å². The van der Waals surface area contributed by atoms with Crippen molar-refractivity contribution in [3.8, 4) is 16.9 Å². The second kappa shape index (κ2) is 10.1. The summed E-state index contributed by atoms with van der Waals surface area (Å²) in [7, 11) is 0. The van der Waals surface area contributed by atoms with Crippen LogP contribution in [0.5, 0.6) is 5.75 Å². The van der Waals surface area contributed by atoms with E-state index in [1.165, 1.54) is 23.1 Å². The molecule has 0 aromatic heterocycles. The van der Waals surface area contributed by atoms with Crippen molar-refractivity contribution in [3.05, 3.63) is 58.7 Å². The molecule has 2 heterocycles. The van der Waals surface area contributed by atoms with E-state index in [9.17, 15) is 35.9 Å². The molecular weight excluding hydrogens is 508 g/mol. The molecule has 0 aliphatic carbocycles. The fourth-order valence-corrected chi connectivity index (χ4v) is 4.47. The van der Waals surface area contributed by atoms with Crippen LogP contribution < -0.4 is 4.89 Å². The van der Waals surface area contributed by atoms with Crippen LogP contribution in [0.3, 0.4) is 0 Å². The van der Waals surface area contributed by atoms with E-state index in [1.54, 1.807) is 0 Å². The van der Waals surface area contributed by atoms with Gasteiger partial charge in [0.2, 0.25) is 5.91 Å². The van der Waals surface area contributed by atoms with Gasteiger partial charge in [-0.2, -0.15) is 31.2 Å². The Bertz CT molecular complexity index is 1230. The Labute approximate surface area is 207 Å². The summed E-state index contributed by atoms with van der Waals surface area (Å²) in [5.74, 6) is -2.03. The van der Waals surface area contributed by atoms with Crippen molar-refractivity contribution < 1.29 is 50.8 Å². The third kappa shape index (κ3) is 5.74. The number of carboxylic acid groups (broad SMARTS) is 1. The lowest BCUT2D eigenvalue weighted by molar-refractivity contribution is -0.215. The third-order valence-electron chi connectivity index (χ3n) is 6.36. The van der Waals surface area contributed by atoms with E-state index in [2.05, 4.69) is 0 Å². The first kappa shape index (κ1) is 26.5. The Balaban J connectivity index is 1.79. The number of hydrogen-bond acceptors (Lipinski definition) is 4. The van der Waals surface area contributed by atoms with Crippen molar-refractivity contribution in [1.82, 2.24) is 4.90 Å². The van der Waals surface area contributed by atoms with E-state index in [0.717, 1.165) is 18.2 Å². The van der Waals surface area contributed by atoms with Crippen molar-refractivity contribution in [3.63, 3.8) is 0 Å². The predicted octanol–water partition coefficient (Wildman–Crippen LogP) is 5.59. The second-order valence-electron chi connectivity index (χ2n) is 8.69. The highest BCUT2D eigenvalue weighted by Crippen LogP contribution is 2.46. The van der Waals surface area contributed by atoms with Crippen molar-refractivity contribution in [2.75, 3.05) is 19.7 Å². The molecule has 0 unspecified atom stereocenters. The number of carbonyl (C=O) groups is 2. The van der Waals surface area contributed by atoms with Crippen LogP contribution in [-0.4, -0.2) is 41.6 Å². The highest BCUT2D eigenvalue weighted by Gasteiger charge is 2.45. The number of carbonyl (C=O) groups excluding carboxylic acids is 1. The largest absolute Gasteiger partial charge is 0.481 e. The Morgan fingerprint density at radius 1 is 1.00 bits per heavy atom. The molecule has 0 saturated carbocycles. The minimum absolute atomic E-state index is 0.0641. The average Bonchev–Trinajstić information content (AvgIpc) is 2.85. The first-order chi connectivity index (χ1) is 17.4. The van der Waals surface area contributed by atoms with Gasteiger partial charge in [-0.25, -0.2) is 0 Å². The van der Waals surface area contributed by atoms with E-state index in [4.69, 9.17) is 14.9 Å². The molecule has 198 valence electrons. The van der Waals surface area contributed by atoms with Gasteiger partial charge in [0.05, 0.1) is 23.7 Å². The molecule has 0 atom stereocenters. The number of fused-ring (bicyclic) bond motifs is 1. The number of nitrogens with zero attached hydrogens (tertiary/aromatic N) is 1. The summed E-state index contributed by atoms with van der Waals surface area (Å²) < 4.78 is 83.1. The molecular formula is C25H21F6NO5. The summed E-state index contributed by atoms with van der Waals surface area (Å²) in [5, 5.41) is 9.10. The van der Waals surface area contributed by atoms with Gasteiger partial charge >= 0.3 is 18.3 Å². The lowest BCUT2D eigenvalue weighted by atomic mass is 9.89. The Morgan fingerprint density at radius 3 is 2.32 bits per heavy atom.